The number of amides is 1. The number of thioether (sulfide) groups is 1. The average molecular weight is 402 g/mol. The normalized spacial score (nSPS) is 17.9. The van der Waals surface area contributed by atoms with Gasteiger partial charge in [0.25, 0.3) is 5.91 Å². The first-order valence-corrected chi connectivity index (χ1v) is 10.2. The fraction of sp³-hybridized carbons (Fsp3) is 0.350. The smallest absolute Gasteiger partial charge is 0.255 e. The number of carbonyl (C=O) groups excluding carboxylic acids is 1. The van der Waals surface area contributed by atoms with Crippen molar-refractivity contribution < 1.29 is 4.79 Å². The molecule has 1 atom stereocenters. The van der Waals surface area contributed by atoms with Gasteiger partial charge >= 0.3 is 0 Å². The molecule has 1 aliphatic heterocycles. The molecule has 4 heteroatoms. The lowest BCUT2D eigenvalue weighted by molar-refractivity contribution is 0.0695. The fourth-order valence-corrected chi connectivity index (χ4v) is 5.16. The molecule has 1 unspecified atom stereocenters. The Labute approximate surface area is 155 Å². The predicted molar refractivity (Wildman–Crippen MR) is 102 cm³/mol. The highest BCUT2D eigenvalue weighted by molar-refractivity contribution is 9.10. The maximum Gasteiger partial charge on any atom is 0.255 e. The summed E-state index contributed by atoms with van der Waals surface area (Å²) in [4.78, 5) is 16.2. The van der Waals surface area contributed by atoms with E-state index in [4.69, 9.17) is 0 Å². The monoisotopic (exact) mass is 401 g/mol. The number of hydrogen-bond donors (Lipinski definition) is 0. The van der Waals surface area contributed by atoms with Crippen LogP contribution in [0.1, 0.15) is 41.3 Å². The fourth-order valence-electron chi connectivity index (χ4n) is 3.41. The van der Waals surface area contributed by atoms with Crippen LogP contribution in [0.5, 0.6) is 0 Å². The van der Waals surface area contributed by atoms with E-state index in [1.807, 2.05) is 6.07 Å². The first kappa shape index (κ1) is 16.2. The zero-order chi connectivity index (χ0) is 16.7. The van der Waals surface area contributed by atoms with Gasteiger partial charge in [-0.1, -0.05) is 46.3 Å². The van der Waals surface area contributed by atoms with E-state index in [2.05, 4.69) is 64.2 Å². The Bertz CT molecular complexity index is 773. The van der Waals surface area contributed by atoms with Gasteiger partial charge in [0, 0.05) is 27.7 Å². The second-order valence-corrected chi connectivity index (χ2v) is 8.66. The van der Waals surface area contributed by atoms with Gasteiger partial charge in [-0.3, -0.25) is 4.79 Å². The molecule has 124 valence electrons. The van der Waals surface area contributed by atoms with E-state index in [0.29, 0.717) is 12.0 Å². The van der Waals surface area contributed by atoms with Crippen molar-refractivity contribution in [1.29, 1.82) is 0 Å². The zero-order valence-corrected chi connectivity index (χ0v) is 16.1. The van der Waals surface area contributed by atoms with Gasteiger partial charge < -0.3 is 4.90 Å². The third-order valence-corrected chi connectivity index (χ3v) is 6.57. The molecule has 0 saturated heterocycles. The van der Waals surface area contributed by atoms with Gasteiger partial charge in [-0.05, 0) is 48.9 Å². The maximum absolute atomic E-state index is 13.0. The maximum atomic E-state index is 13.0. The summed E-state index contributed by atoms with van der Waals surface area (Å²) in [6, 6.07) is 15.0. The standard InChI is InChI=1S/C20H20BrNOS/c1-13(15-7-8-15)22-11-16-9-17(21)10-18(19(16)20(22)23)24-12-14-5-3-2-4-6-14/h2-6,9-10,13,15H,7-8,11-12H2,1H3. The molecule has 0 spiro atoms. The number of halogens is 1. The van der Waals surface area contributed by atoms with Gasteiger partial charge in [0.15, 0.2) is 0 Å². The van der Waals surface area contributed by atoms with E-state index in [1.54, 1.807) is 11.8 Å². The van der Waals surface area contributed by atoms with E-state index >= 15 is 0 Å². The van der Waals surface area contributed by atoms with Crippen LogP contribution in [0, 0.1) is 5.92 Å². The summed E-state index contributed by atoms with van der Waals surface area (Å²) in [5.41, 5.74) is 3.37. The largest absolute Gasteiger partial charge is 0.331 e. The summed E-state index contributed by atoms with van der Waals surface area (Å²) in [6.07, 6.45) is 2.53. The van der Waals surface area contributed by atoms with Crippen molar-refractivity contribution in [3.63, 3.8) is 0 Å². The van der Waals surface area contributed by atoms with Gasteiger partial charge in [-0.2, -0.15) is 0 Å². The minimum Gasteiger partial charge on any atom is -0.331 e. The Morgan fingerprint density at radius 2 is 2.00 bits per heavy atom. The van der Waals surface area contributed by atoms with Crippen LogP contribution in [0.15, 0.2) is 51.8 Å². The lowest BCUT2D eigenvalue weighted by Gasteiger charge is -2.24. The minimum atomic E-state index is 0.215. The van der Waals surface area contributed by atoms with Gasteiger partial charge in [0.05, 0.1) is 5.56 Å². The van der Waals surface area contributed by atoms with Gasteiger partial charge in [-0.25, -0.2) is 0 Å². The van der Waals surface area contributed by atoms with E-state index in [9.17, 15) is 4.79 Å². The summed E-state index contributed by atoms with van der Waals surface area (Å²) in [6.45, 7) is 2.96. The van der Waals surface area contributed by atoms with Crippen molar-refractivity contribution in [2.45, 2.75) is 43.0 Å². The van der Waals surface area contributed by atoms with Crippen molar-refractivity contribution >= 4 is 33.6 Å². The molecule has 2 nitrogen and oxygen atoms in total. The highest BCUT2D eigenvalue weighted by Crippen LogP contribution is 2.41. The first-order valence-electron chi connectivity index (χ1n) is 8.43. The molecule has 1 saturated carbocycles. The summed E-state index contributed by atoms with van der Waals surface area (Å²) >= 11 is 5.37. The van der Waals surface area contributed by atoms with Crippen LogP contribution in [0.4, 0.5) is 0 Å². The van der Waals surface area contributed by atoms with E-state index in [-0.39, 0.29) is 5.91 Å². The molecule has 24 heavy (non-hydrogen) atoms. The number of carbonyl (C=O) groups is 1. The molecule has 4 rings (SSSR count). The number of rotatable bonds is 5. The molecule has 1 amide bonds. The van der Waals surface area contributed by atoms with Crippen molar-refractivity contribution in [1.82, 2.24) is 4.90 Å². The molecule has 0 bridgehead atoms. The topological polar surface area (TPSA) is 20.3 Å². The number of benzene rings is 2. The van der Waals surface area contributed by atoms with Crippen LogP contribution >= 0.6 is 27.7 Å². The second-order valence-electron chi connectivity index (χ2n) is 6.72. The van der Waals surface area contributed by atoms with Gasteiger partial charge in [0.2, 0.25) is 0 Å². The van der Waals surface area contributed by atoms with E-state index < -0.39 is 0 Å². The molecular formula is C20H20BrNOS. The van der Waals surface area contributed by atoms with Crippen LogP contribution in [0.25, 0.3) is 0 Å². The average Bonchev–Trinajstić information content (AvgIpc) is 3.37. The Morgan fingerprint density at radius 3 is 2.71 bits per heavy atom. The summed E-state index contributed by atoms with van der Waals surface area (Å²) in [5, 5.41) is 0. The highest BCUT2D eigenvalue weighted by Gasteiger charge is 2.39. The lowest BCUT2D eigenvalue weighted by Crippen LogP contribution is -2.34. The second kappa shape index (κ2) is 6.57. The predicted octanol–water partition coefficient (Wildman–Crippen LogP) is 5.50. The molecule has 1 heterocycles. The molecule has 0 radical (unpaired) electrons. The molecule has 2 aromatic rings. The minimum absolute atomic E-state index is 0.215. The number of fused-ring (bicyclic) bond motifs is 1. The molecule has 2 aromatic carbocycles. The van der Waals surface area contributed by atoms with Gasteiger partial charge in [0.1, 0.15) is 0 Å². The lowest BCUT2D eigenvalue weighted by atomic mass is 10.1. The summed E-state index contributed by atoms with van der Waals surface area (Å²) in [5.74, 6) is 1.80. The highest BCUT2D eigenvalue weighted by atomic mass is 79.9. The third-order valence-electron chi connectivity index (χ3n) is 5.00. The van der Waals surface area contributed by atoms with Crippen molar-refractivity contribution in [3.05, 3.63) is 63.6 Å². The first-order chi connectivity index (χ1) is 11.6. The summed E-state index contributed by atoms with van der Waals surface area (Å²) < 4.78 is 1.06. The zero-order valence-electron chi connectivity index (χ0n) is 13.7. The SMILES string of the molecule is CC(C1CC1)N1Cc2cc(Br)cc(SCc3ccccc3)c2C1=O. The van der Waals surface area contributed by atoms with Crippen LogP contribution < -0.4 is 0 Å². The van der Waals surface area contributed by atoms with Crippen molar-refractivity contribution in [2.24, 2.45) is 5.92 Å². The number of nitrogens with zero attached hydrogens (tertiary/aromatic N) is 1. The Balaban J connectivity index is 1.59. The van der Waals surface area contributed by atoms with Crippen LogP contribution in [-0.4, -0.2) is 16.8 Å². The third kappa shape index (κ3) is 3.14. The van der Waals surface area contributed by atoms with Crippen molar-refractivity contribution in [3.8, 4) is 0 Å². The van der Waals surface area contributed by atoms with E-state index in [1.165, 1.54) is 18.4 Å². The molecular weight excluding hydrogens is 382 g/mol. The van der Waals surface area contributed by atoms with Crippen molar-refractivity contribution in [2.75, 3.05) is 0 Å². The Morgan fingerprint density at radius 1 is 1.25 bits per heavy atom. The number of hydrogen-bond acceptors (Lipinski definition) is 2. The quantitative estimate of drug-likeness (QED) is 0.616. The Hall–Kier alpha value is -1.26. The Kier molecular flexibility index (Phi) is 4.44. The molecule has 2 aliphatic rings. The van der Waals surface area contributed by atoms with Crippen LogP contribution in [0.2, 0.25) is 0 Å². The molecule has 1 fully saturated rings. The molecule has 0 aromatic heterocycles. The molecule has 1 aliphatic carbocycles. The summed E-state index contributed by atoms with van der Waals surface area (Å²) in [7, 11) is 0. The van der Waals surface area contributed by atoms with Gasteiger partial charge in [-0.15, -0.1) is 11.8 Å². The van der Waals surface area contributed by atoms with Crippen LogP contribution in [-0.2, 0) is 12.3 Å². The van der Waals surface area contributed by atoms with E-state index in [0.717, 1.165) is 32.8 Å². The van der Waals surface area contributed by atoms with Crippen LogP contribution in [0.3, 0.4) is 0 Å². The molecule has 0 N–H and O–H groups in total.